The number of hydrogen-bond acceptors (Lipinski definition) is 2. The summed E-state index contributed by atoms with van der Waals surface area (Å²) in [5.41, 5.74) is 7.28. The Morgan fingerprint density at radius 1 is 0.955 bits per heavy atom. The molecule has 114 valence electrons. The zero-order valence-corrected chi connectivity index (χ0v) is 12.4. The summed E-state index contributed by atoms with van der Waals surface area (Å²) in [4.78, 5) is 23.5. The second kappa shape index (κ2) is 7.98. The van der Waals surface area contributed by atoms with Crippen LogP contribution in [0.4, 0.5) is 0 Å². The van der Waals surface area contributed by atoms with Crippen molar-refractivity contribution in [2.24, 2.45) is 5.73 Å². The molecule has 4 nitrogen and oxygen atoms in total. The minimum Gasteiger partial charge on any atom is -0.368 e. The summed E-state index contributed by atoms with van der Waals surface area (Å²) in [7, 11) is 0. The highest BCUT2D eigenvalue weighted by Crippen LogP contribution is 2.12. The van der Waals surface area contributed by atoms with Crippen molar-refractivity contribution < 1.29 is 9.59 Å². The van der Waals surface area contributed by atoms with Gasteiger partial charge in [0.05, 0.1) is 0 Å². The molecule has 4 heteroatoms. The van der Waals surface area contributed by atoms with Crippen molar-refractivity contribution in [3.63, 3.8) is 0 Å². The predicted molar refractivity (Wildman–Crippen MR) is 85.9 cm³/mol. The van der Waals surface area contributed by atoms with E-state index in [9.17, 15) is 9.59 Å². The van der Waals surface area contributed by atoms with Crippen molar-refractivity contribution in [1.82, 2.24) is 5.32 Å². The number of benzene rings is 2. The first-order valence-corrected chi connectivity index (χ1v) is 7.34. The van der Waals surface area contributed by atoms with Gasteiger partial charge in [0, 0.05) is 6.42 Å². The van der Waals surface area contributed by atoms with Crippen LogP contribution in [-0.2, 0) is 16.0 Å². The fraction of sp³-hybridized carbons (Fsp3) is 0.222. The number of amides is 2. The summed E-state index contributed by atoms with van der Waals surface area (Å²) >= 11 is 0. The van der Waals surface area contributed by atoms with Crippen LogP contribution < -0.4 is 11.1 Å². The Morgan fingerprint density at radius 2 is 1.55 bits per heavy atom. The lowest BCUT2D eigenvalue weighted by Crippen LogP contribution is -2.37. The van der Waals surface area contributed by atoms with Crippen molar-refractivity contribution in [3.8, 4) is 0 Å². The second-order valence-corrected chi connectivity index (χ2v) is 5.15. The number of rotatable bonds is 7. The van der Waals surface area contributed by atoms with Crippen molar-refractivity contribution in [2.75, 3.05) is 0 Å². The average Bonchev–Trinajstić information content (AvgIpc) is 2.54. The smallest absolute Gasteiger partial charge is 0.244 e. The van der Waals surface area contributed by atoms with E-state index < -0.39 is 11.9 Å². The number of carbonyl (C=O) groups excluding carboxylic acids is 2. The van der Waals surface area contributed by atoms with Gasteiger partial charge >= 0.3 is 0 Å². The topological polar surface area (TPSA) is 72.2 Å². The highest BCUT2D eigenvalue weighted by molar-refractivity contribution is 5.87. The quantitative estimate of drug-likeness (QED) is 0.823. The summed E-state index contributed by atoms with van der Waals surface area (Å²) < 4.78 is 0. The Bertz CT molecular complexity index is 611. The van der Waals surface area contributed by atoms with E-state index in [1.807, 2.05) is 48.5 Å². The molecule has 1 atom stereocenters. The molecule has 0 aliphatic rings. The van der Waals surface area contributed by atoms with Crippen molar-refractivity contribution in [1.29, 1.82) is 0 Å². The van der Waals surface area contributed by atoms with E-state index in [-0.39, 0.29) is 5.91 Å². The molecule has 3 N–H and O–H groups in total. The van der Waals surface area contributed by atoms with E-state index in [0.717, 1.165) is 12.8 Å². The molecule has 0 unspecified atom stereocenters. The van der Waals surface area contributed by atoms with Gasteiger partial charge in [0.2, 0.25) is 11.8 Å². The summed E-state index contributed by atoms with van der Waals surface area (Å²) in [6.45, 7) is 0. The Morgan fingerprint density at radius 3 is 2.14 bits per heavy atom. The molecule has 0 fully saturated rings. The highest BCUT2D eigenvalue weighted by atomic mass is 16.2. The first-order valence-electron chi connectivity index (χ1n) is 7.34. The summed E-state index contributed by atoms with van der Waals surface area (Å²) in [6.07, 6.45) is 1.93. The van der Waals surface area contributed by atoms with Crippen LogP contribution in [0, 0.1) is 0 Å². The Labute approximate surface area is 130 Å². The molecular formula is C18H20N2O2. The normalized spacial score (nSPS) is 11.6. The largest absolute Gasteiger partial charge is 0.368 e. The van der Waals surface area contributed by atoms with Gasteiger partial charge in [-0.15, -0.1) is 0 Å². The number of nitrogens with two attached hydrogens (primary N) is 1. The van der Waals surface area contributed by atoms with Crippen molar-refractivity contribution >= 4 is 11.8 Å². The Hall–Kier alpha value is -2.62. The van der Waals surface area contributed by atoms with E-state index in [0.29, 0.717) is 12.0 Å². The lowest BCUT2D eigenvalue weighted by Gasteiger charge is -2.15. The first kappa shape index (κ1) is 15.8. The number of hydrogen-bond donors (Lipinski definition) is 2. The van der Waals surface area contributed by atoms with E-state index in [1.165, 1.54) is 5.56 Å². The van der Waals surface area contributed by atoms with Crippen LogP contribution in [0.5, 0.6) is 0 Å². The molecule has 0 spiro atoms. The molecule has 2 amide bonds. The fourth-order valence-electron chi connectivity index (χ4n) is 2.30. The van der Waals surface area contributed by atoms with Crippen LogP contribution in [0.15, 0.2) is 60.7 Å². The summed E-state index contributed by atoms with van der Waals surface area (Å²) in [6, 6.07) is 18.3. The maximum Gasteiger partial charge on any atom is 0.244 e. The molecule has 0 aliphatic heterocycles. The molecule has 2 aromatic rings. The van der Waals surface area contributed by atoms with E-state index >= 15 is 0 Å². The van der Waals surface area contributed by atoms with Crippen molar-refractivity contribution in [2.45, 2.75) is 25.3 Å². The fourth-order valence-corrected chi connectivity index (χ4v) is 2.30. The first-order chi connectivity index (χ1) is 10.7. The minimum atomic E-state index is -0.773. The van der Waals surface area contributed by atoms with Gasteiger partial charge in [0.25, 0.3) is 0 Å². The van der Waals surface area contributed by atoms with Crippen LogP contribution in [0.25, 0.3) is 0 Å². The molecule has 0 bridgehead atoms. The molecule has 0 saturated carbocycles. The predicted octanol–water partition coefficient (Wildman–Crippen LogP) is 2.35. The van der Waals surface area contributed by atoms with Gasteiger partial charge in [-0.05, 0) is 24.0 Å². The van der Waals surface area contributed by atoms with Crippen LogP contribution >= 0.6 is 0 Å². The van der Waals surface area contributed by atoms with Gasteiger partial charge in [-0.25, -0.2) is 0 Å². The van der Waals surface area contributed by atoms with Gasteiger partial charge in [0.1, 0.15) is 6.04 Å². The van der Waals surface area contributed by atoms with Gasteiger partial charge in [-0.3, -0.25) is 9.59 Å². The zero-order chi connectivity index (χ0) is 15.8. The zero-order valence-electron chi connectivity index (χ0n) is 12.4. The van der Waals surface area contributed by atoms with Crippen LogP contribution in [0.1, 0.15) is 30.0 Å². The molecular weight excluding hydrogens is 276 g/mol. The molecule has 0 heterocycles. The van der Waals surface area contributed by atoms with Gasteiger partial charge in [-0.1, -0.05) is 60.7 Å². The molecule has 0 aliphatic carbocycles. The number of primary amides is 1. The third-order valence-corrected chi connectivity index (χ3v) is 3.43. The highest BCUT2D eigenvalue weighted by Gasteiger charge is 2.19. The standard InChI is InChI=1S/C18H20N2O2/c19-18(22)17(15-11-5-2-6-12-15)20-16(21)13-7-10-14-8-3-1-4-9-14/h1-6,8-9,11-12,17H,7,10,13H2,(H2,19,22)(H,20,21)/t17-/m1/s1. The monoisotopic (exact) mass is 296 g/mol. The maximum absolute atomic E-state index is 12.0. The summed E-state index contributed by atoms with van der Waals surface area (Å²) in [5, 5.41) is 2.71. The van der Waals surface area contributed by atoms with Crippen LogP contribution in [-0.4, -0.2) is 11.8 Å². The second-order valence-electron chi connectivity index (χ2n) is 5.15. The number of nitrogens with one attached hydrogen (secondary N) is 1. The third-order valence-electron chi connectivity index (χ3n) is 3.43. The Balaban J connectivity index is 1.85. The number of aryl methyl sites for hydroxylation is 1. The van der Waals surface area contributed by atoms with Crippen LogP contribution in [0.2, 0.25) is 0 Å². The molecule has 2 aromatic carbocycles. The third kappa shape index (κ3) is 4.74. The maximum atomic E-state index is 12.0. The Kier molecular flexibility index (Phi) is 5.72. The molecule has 0 radical (unpaired) electrons. The van der Waals surface area contributed by atoms with Gasteiger partial charge in [-0.2, -0.15) is 0 Å². The lowest BCUT2D eigenvalue weighted by molar-refractivity contribution is -0.127. The van der Waals surface area contributed by atoms with Crippen molar-refractivity contribution in [3.05, 3.63) is 71.8 Å². The average molecular weight is 296 g/mol. The van der Waals surface area contributed by atoms with E-state index in [4.69, 9.17) is 5.73 Å². The minimum absolute atomic E-state index is 0.163. The molecule has 2 rings (SSSR count). The lowest BCUT2D eigenvalue weighted by atomic mass is 10.1. The molecule has 22 heavy (non-hydrogen) atoms. The number of carbonyl (C=O) groups is 2. The van der Waals surface area contributed by atoms with Crippen LogP contribution in [0.3, 0.4) is 0 Å². The van der Waals surface area contributed by atoms with Gasteiger partial charge < -0.3 is 11.1 Å². The van der Waals surface area contributed by atoms with E-state index in [1.54, 1.807) is 12.1 Å². The molecule has 0 aromatic heterocycles. The van der Waals surface area contributed by atoms with E-state index in [2.05, 4.69) is 5.32 Å². The SMILES string of the molecule is NC(=O)[C@H](NC(=O)CCCc1ccccc1)c1ccccc1. The molecule has 0 saturated heterocycles. The summed E-state index contributed by atoms with van der Waals surface area (Å²) in [5.74, 6) is -0.716. The van der Waals surface area contributed by atoms with Gasteiger partial charge in [0.15, 0.2) is 0 Å².